The third kappa shape index (κ3) is 2.74. The molecule has 0 radical (unpaired) electrons. The van der Waals surface area contributed by atoms with Crippen LogP contribution in [0, 0.1) is 6.92 Å². The van der Waals surface area contributed by atoms with Crippen molar-refractivity contribution >= 4 is 5.82 Å². The molecular formula is C11H12N4. The number of aryl methyl sites for hydroxylation is 1. The number of aromatic nitrogens is 3. The van der Waals surface area contributed by atoms with Crippen molar-refractivity contribution in [2.45, 2.75) is 13.5 Å². The molecule has 15 heavy (non-hydrogen) atoms. The summed E-state index contributed by atoms with van der Waals surface area (Å²) in [6.07, 6.45) is 5.10. The fourth-order valence-corrected chi connectivity index (χ4v) is 1.19. The topological polar surface area (TPSA) is 50.7 Å². The summed E-state index contributed by atoms with van der Waals surface area (Å²) in [6.45, 7) is 2.70. The molecular weight excluding hydrogens is 188 g/mol. The molecule has 0 atom stereocenters. The molecule has 0 saturated carbocycles. The molecule has 4 nitrogen and oxygen atoms in total. The Labute approximate surface area is 88.4 Å². The smallest absolute Gasteiger partial charge is 0.129 e. The molecule has 0 unspecified atom stereocenters. The van der Waals surface area contributed by atoms with E-state index in [1.54, 1.807) is 6.20 Å². The van der Waals surface area contributed by atoms with E-state index in [-0.39, 0.29) is 0 Å². The number of hydrogen-bond acceptors (Lipinski definition) is 4. The van der Waals surface area contributed by atoms with E-state index in [0.717, 1.165) is 23.6 Å². The van der Waals surface area contributed by atoms with Crippen molar-refractivity contribution in [3.63, 3.8) is 0 Å². The minimum Gasteiger partial charge on any atom is -0.366 e. The lowest BCUT2D eigenvalue weighted by atomic mass is 10.2. The fraction of sp³-hybridized carbons (Fsp3) is 0.182. The standard InChI is InChI=1S/C11H12N4/c1-9-2-3-10(6-13-9)7-14-11-4-5-12-8-15-11/h2-6,8H,7H2,1H3,(H,12,14,15). The van der Waals surface area contributed by atoms with E-state index in [0.29, 0.717) is 0 Å². The Morgan fingerprint density at radius 2 is 2.13 bits per heavy atom. The van der Waals surface area contributed by atoms with Crippen LogP contribution in [0.2, 0.25) is 0 Å². The molecule has 0 aliphatic heterocycles. The predicted molar refractivity (Wildman–Crippen MR) is 58.3 cm³/mol. The Balaban J connectivity index is 1.96. The largest absolute Gasteiger partial charge is 0.366 e. The first-order chi connectivity index (χ1) is 7.34. The molecule has 0 fully saturated rings. The van der Waals surface area contributed by atoms with Gasteiger partial charge in [0.05, 0.1) is 0 Å². The molecule has 2 aromatic heterocycles. The molecule has 0 bridgehead atoms. The normalized spacial score (nSPS) is 9.93. The monoisotopic (exact) mass is 200 g/mol. The molecule has 2 aromatic rings. The van der Waals surface area contributed by atoms with Crippen molar-refractivity contribution in [1.29, 1.82) is 0 Å². The summed E-state index contributed by atoms with van der Waals surface area (Å²) in [7, 11) is 0. The summed E-state index contributed by atoms with van der Waals surface area (Å²) in [6, 6.07) is 5.88. The maximum Gasteiger partial charge on any atom is 0.129 e. The lowest BCUT2D eigenvalue weighted by Gasteiger charge is -2.04. The Morgan fingerprint density at radius 3 is 2.80 bits per heavy atom. The van der Waals surface area contributed by atoms with Gasteiger partial charge in [0, 0.05) is 24.6 Å². The molecule has 0 aliphatic rings. The second kappa shape index (κ2) is 4.50. The van der Waals surface area contributed by atoms with Crippen LogP contribution in [0.4, 0.5) is 5.82 Å². The summed E-state index contributed by atoms with van der Waals surface area (Å²) in [4.78, 5) is 12.1. The number of rotatable bonds is 3. The summed E-state index contributed by atoms with van der Waals surface area (Å²) in [5.41, 5.74) is 2.17. The van der Waals surface area contributed by atoms with Crippen LogP contribution in [-0.2, 0) is 6.54 Å². The van der Waals surface area contributed by atoms with Gasteiger partial charge in [0.15, 0.2) is 0 Å². The van der Waals surface area contributed by atoms with Gasteiger partial charge in [-0.3, -0.25) is 4.98 Å². The van der Waals surface area contributed by atoms with E-state index in [2.05, 4.69) is 26.3 Å². The molecule has 0 aliphatic carbocycles. The number of hydrogen-bond donors (Lipinski definition) is 1. The van der Waals surface area contributed by atoms with Crippen LogP contribution in [0.3, 0.4) is 0 Å². The third-order valence-electron chi connectivity index (χ3n) is 2.03. The van der Waals surface area contributed by atoms with Gasteiger partial charge in [0.2, 0.25) is 0 Å². The van der Waals surface area contributed by atoms with Gasteiger partial charge < -0.3 is 5.32 Å². The van der Waals surface area contributed by atoms with Crippen LogP contribution < -0.4 is 5.32 Å². The SMILES string of the molecule is Cc1ccc(CNc2ccncn2)cn1. The van der Waals surface area contributed by atoms with E-state index in [1.165, 1.54) is 6.33 Å². The van der Waals surface area contributed by atoms with Crippen molar-refractivity contribution in [2.75, 3.05) is 5.32 Å². The highest BCUT2D eigenvalue weighted by Crippen LogP contribution is 2.04. The molecule has 0 amide bonds. The zero-order valence-electron chi connectivity index (χ0n) is 8.51. The predicted octanol–water partition coefficient (Wildman–Crippen LogP) is 1.79. The van der Waals surface area contributed by atoms with Crippen LogP contribution >= 0.6 is 0 Å². The average molecular weight is 200 g/mol. The van der Waals surface area contributed by atoms with Gasteiger partial charge in [-0.05, 0) is 24.6 Å². The minimum absolute atomic E-state index is 0.726. The molecule has 2 heterocycles. The van der Waals surface area contributed by atoms with Crippen molar-refractivity contribution < 1.29 is 0 Å². The van der Waals surface area contributed by atoms with Crippen LogP contribution in [0.15, 0.2) is 36.9 Å². The Morgan fingerprint density at radius 1 is 1.20 bits per heavy atom. The molecule has 2 rings (SSSR count). The fourth-order valence-electron chi connectivity index (χ4n) is 1.19. The highest BCUT2D eigenvalue weighted by atomic mass is 15.0. The Kier molecular flexibility index (Phi) is 2.88. The lowest BCUT2D eigenvalue weighted by Crippen LogP contribution is -2.01. The zero-order chi connectivity index (χ0) is 10.5. The Bertz CT molecular complexity index is 410. The van der Waals surface area contributed by atoms with Crippen LogP contribution in [0.1, 0.15) is 11.3 Å². The molecule has 76 valence electrons. The van der Waals surface area contributed by atoms with Crippen molar-refractivity contribution in [2.24, 2.45) is 0 Å². The van der Waals surface area contributed by atoms with Crippen molar-refractivity contribution in [1.82, 2.24) is 15.0 Å². The maximum absolute atomic E-state index is 4.22. The van der Waals surface area contributed by atoms with E-state index < -0.39 is 0 Å². The summed E-state index contributed by atoms with van der Waals surface area (Å²) >= 11 is 0. The average Bonchev–Trinajstić information content (AvgIpc) is 2.30. The molecule has 4 heteroatoms. The minimum atomic E-state index is 0.726. The second-order valence-corrected chi connectivity index (χ2v) is 3.26. The second-order valence-electron chi connectivity index (χ2n) is 3.26. The first-order valence-electron chi connectivity index (χ1n) is 4.76. The highest BCUT2D eigenvalue weighted by molar-refractivity contribution is 5.32. The van der Waals surface area contributed by atoms with Gasteiger partial charge in [-0.25, -0.2) is 9.97 Å². The van der Waals surface area contributed by atoms with Crippen LogP contribution in [-0.4, -0.2) is 15.0 Å². The first-order valence-corrected chi connectivity index (χ1v) is 4.76. The van der Waals surface area contributed by atoms with Crippen LogP contribution in [0.5, 0.6) is 0 Å². The number of nitrogens with one attached hydrogen (secondary N) is 1. The van der Waals surface area contributed by atoms with Gasteiger partial charge in [-0.1, -0.05) is 6.07 Å². The molecule has 0 aromatic carbocycles. The lowest BCUT2D eigenvalue weighted by molar-refractivity contribution is 1.05. The van der Waals surface area contributed by atoms with Gasteiger partial charge in [-0.15, -0.1) is 0 Å². The van der Waals surface area contributed by atoms with Crippen LogP contribution in [0.25, 0.3) is 0 Å². The quantitative estimate of drug-likeness (QED) is 0.820. The summed E-state index contributed by atoms with van der Waals surface area (Å²) in [5.74, 6) is 0.825. The number of anilines is 1. The Hall–Kier alpha value is -1.97. The van der Waals surface area contributed by atoms with E-state index in [9.17, 15) is 0 Å². The molecule has 1 N–H and O–H groups in total. The van der Waals surface area contributed by atoms with Gasteiger partial charge in [0.1, 0.15) is 12.1 Å². The molecule has 0 saturated heterocycles. The maximum atomic E-state index is 4.22. The first kappa shape index (κ1) is 9.58. The summed E-state index contributed by atoms with van der Waals surface area (Å²) < 4.78 is 0. The van der Waals surface area contributed by atoms with E-state index in [4.69, 9.17) is 0 Å². The molecule has 0 spiro atoms. The summed E-state index contributed by atoms with van der Waals surface area (Å²) in [5, 5.41) is 3.19. The van der Waals surface area contributed by atoms with Crippen molar-refractivity contribution in [3.8, 4) is 0 Å². The third-order valence-corrected chi connectivity index (χ3v) is 2.03. The van der Waals surface area contributed by atoms with E-state index in [1.807, 2.05) is 25.3 Å². The van der Waals surface area contributed by atoms with Crippen molar-refractivity contribution in [3.05, 3.63) is 48.2 Å². The van der Waals surface area contributed by atoms with Gasteiger partial charge in [-0.2, -0.15) is 0 Å². The number of pyridine rings is 1. The van der Waals surface area contributed by atoms with Gasteiger partial charge in [0.25, 0.3) is 0 Å². The van der Waals surface area contributed by atoms with Gasteiger partial charge >= 0.3 is 0 Å². The zero-order valence-corrected chi connectivity index (χ0v) is 8.51. The van der Waals surface area contributed by atoms with E-state index >= 15 is 0 Å². The number of nitrogens with zero attached hydrogens (tertiary/aromatic N) is 3. The highest BCUT2D eigenvalue weighted by Gasteiger charge is 1.94.